The van der Waals surface area contributed by atoms with Crippen molar-refractivity contribution < 1.29 is 14.6 Å². The summed E-state index contributed by atoms with van der Waals surface area (Å²) in [6.07, 6.45) is 5.68. The van der Waals surface area contributed by atoms with Crippen molar-refractivity contribution in [2.45, 2.75) is 31.3 Å². The lowest BCUT2D eigenvalue weighted by Gasteiger charge is -2.23. The number of hydrogen-bond donors (Lipinski definition) is 2. The van der Waals surface area contributed by atoms with E-state index in [0.717, 1.165) is 53.8 Å². The smallest absolute Gasteiger partial charge is 0.231 e. The number of aromatic nitrogens is 1. The van der Waals surface area contributed by atoms with Crippen molar-refractivity contribution in [2.75, 3.05) is 18.7 Å². The Morgan fingerprint density at radius 1 is 1.19 bits per heavy atom. The lowest BCUT2D eigenvalue weighted by Crippen LogP contribution is -2.33. The normalized spacial score (nSPS) is 19.1. The number of benzene rings is 1. The summed E-state index contributed by atoms with van der Waals surface area (Å²) in [4.78, 5) is 4.41. The average Bonchev–Trinajstić information content (AvgIpc) is 3.11. The molecule has 0 atom stereocenters. The lowest BCUT2D eigenvalue weighted by atomic mass is 10.0. The molecule has 0 unspecified atom stereocenters. The largest absolute Gasteiger partial charge is 0.454 e. The van der Waals surface area contributed by atoms with E-state index < -0.39 is 5.60 Å². The Morgan fingerprint density at radius 3 is 2.76 bits per heavy atom. The van der Waals surface area contributed by atoms with E-state index in [1.807, 2.05) is 18.2 Å². The van der Waals surface area contributed by atoms with Gasteiger partial charge in [0, 0.05) is 18.1 Å². The van der Waals surface area contributed by atoms with Crippen LogP contribution < -0.4 is 14.8 Å². The molecular formula is C16H18N2O3. The highest BCUT2D eigenvalue weighted by Gasteiger charge is 2.31. The van der Waals surface area contributed by atoms with Gasteiger partial charge in [0.05, 0.1) is 5.60 Å². The zero-order valence-corrected chi connectivity index (χ0v) is 11.8. The number of nitrogens with one attached hydrogen (secondary N) is 1. The zero-order chi connectivity index (χ0) is 14.3. The first-order valence-corrected chi connectivity index (χ1v) is 7.38. The van der Waals surface area contributed by atoms with Gasteiger partial charge < -0.3 is 19.9 Å². The Hall–Kier alpha value is -2.01. The summed E-state index contributed by atoms with van der Waals surface area (Å²) in [5.74, 6) is 2.30. The van der Waals surface area contributed by atoms with E-state index in [4.69, 9.17) is 9.47 Å². The number of fused-ring (bicyclic) bond motifs is 2. The van der Waals surface area contributed by atoms with E-state index in [2.05, 4.69) is 10.3 Å². The fraction of sp³-hybridized carbons (Fsp3) is 0.438. The van der Waals surface area contributed by atoms with Crippen molar-refractivity contribution in [1.82, 2.24) is 4.98 Å². The first-order chi connectivity index (χ1) is 10.2. The second-order valence-electron chi connectivity index (χ2n) is 5.87. The number of nitrogens with zero attached hydrogens (tertiary/aromatic N) is 1. The van der Waals surface area contributed by atoms with E-state index in [1.165, 1.54) is 0 Å². The van der Waals surface area contributed by atoms with E-state index in [-0.39, 0.29) is 6.79 Å². The van der Waals surface area contributed by atoms with Crippen molar-refractivity contribution in [3.8, 4) is 11.5 Å². The molecule has 1 aromatic heterocycles. The van der Waals surface area contributed by atoms with Gasteiger partial charge in [0.25, 0.3) is 0 Å². The second-order valence-corrected chi connectivity index (χ2v) is 5.87. The van der Waals surface area contributed by atoms with Gasteiger partial charge in [-0.05, 0) is 36.4 Å². The topological polar surface area (TPSA) is 63.6 Å². The summed E-state index contributed by atoms with van der Waals surface area (Å²) < 4.78 is 10.8. The molecule has 2 aromatic rings. The molecule has 2 heterocycles. The van der Waals surface area contributed by atoms with Crippen LogP contribution in [0.3, 0.4) is 0 Å². The van der Waals surface area contributed by atoms with Crippen LogP contribution in [0.4, 0.5) is 5.82 Å². The molecule has 0 spiro atoms. The number of aliphatic hydroxyl groups is 1. The van der Waals surface area contributed by atoms with Gasteiger partial charge in [-0.1, -0.05) is 12.8 Å². The molecule has 5 heteroatoms. The molecule has 4 rings (SSSR count). The van der Waals surface area contributed by atoms with Gasteiger partial charge in [0.2, 0.25) is 6.79 Å². The standard InChI is InChI=1S/C16H18N2O3/c19-16(4-1-2-5-16)9-18-15-12-8-14-13(20-10-21-14)7-11(12)3-6-17-15/h3,6-8,19H,1-2,4-5,9-10H2,(H,17,18). The Balaban J connectivity index is 1.65. The van der Waals surface area contributed by atoms with Crippen molar-refractivity contribution in [2.24, 2.45) is 0 Å². The molecule has 2 aliphatic rings. The van der Waals surface area contributed by atoms with E-state index >= 15 is 0 Å². The third-order valence-corrected chi connectivity index (χ3v) is 4.38. The second kappa shape index (κ2) is 4.77. The van der Waals surface area contributed by atoms with Crippen LogP contribution in [0.5, 0.6) is 11.5 Å². The van der Waals surface area contributed by atoms with Gasteiger partial charge in [-0.2, -0.15) is 0 Å². The quantitative estimate of drug-likeness (QED) is 0.908. The van der Waals surface area contributed by atoms with Gasteiger partial charge in [-0.3, -0.25) is 0 Å². The molecule has 0 bridgehead atoms. The first kappa shape index (κ1) is 12.7. The highest BCUT2D eigenvalue weighted by Crippen LogP contribution is 2.38. The monoisotopic (exact) mass is 286 g/mol. The summed E-state index contributed by atoms with van der Waals surface area (Å²) in [5, 5.41) is 15.8. The molecule has 0 radical (unpaired) electrons. The van der Waals surface area contributed by atoms with Crippen LogP contribution in [0.1, 0.15) is 25.7 Å². The molecule has 2 N–H and O–H groups in total. The van der Waals surface area contributed by atoms with E-state index in [9.17, 15) is 5.11 Å². The summed E-state index contributed by atoms with van der Waals surface area (Å²) in [6.45, 7) is 0.801. The fourth-order valence-electron chi connectivity index (χ4n) is 3.16. The molecule has 0 saturated heterocycles. The van der Waals surface area contributed by atoms with Crippen molar-refractivity contribution >= 4 is 16.6 Å². The van der Waals surface area contributed by atoms with Crippen molar-refractivity contribution in [3.63, 3.8) is 0 Å². The Bertz CT molecular complexity index is 681. The molecule has 1 saturated carbocycles. The van der Waals surface area contributed by atoms with Gasteiger partial charge in [0.15, 0.2) is 11.5 Å². The van der Waals surface area contributed by atoms with Crippen LogP contribution in [0, 0.1) is 0 Å². The maximum Gasteiger partial charge on any atom is 0.231 e. The van der Waals surface area contributed by atoms with Crippen LogP contribution in [-0.2, 0) is 0 Å². The maximum absolute atomic E-state index is 10.4. The highest BCUT2D eigenvalue weighted by molar-refractivity contribution is 5.94. The van der Waals surface area contributed by atoms with Crippen LogP contribution in [0.15, 0.2) is 24.4 Å². The van der Waals surface area contributed by atoms with Crippen molar-refractivity contribution in [1.29, 1.82) is 0 Å². The molecular weight excluding hydrogens is 268 g/mol. The molecule has 5 nitrogen and oxygen atoms in total. The van der Waals surface area contributed by atoms with Crippen LogP contribution in [0.25, 0.3) is 10.8 Å². The predicted octanol–water partition coefficient (Wildman–Crippen LogP) is 2.68. The summed E-state index contributed by atoms with van der Waals surface area (Å²) in [7, 11) is 0. The van der Waals surface area contributed by atoms with Crippen LogP contribution in [-0.4, -0.2) is 29.0 Å². The minimum absolute atomic E-state index is 0.265. The Labute approximate surface area is 122 Å². The third-order valence-electron chi connectivity index (χ3n) is 4.38. The number of ether oxygens (including phenoxy) is 2. The van der Waals surface area contributed by atoms with Crippen molar-refractivity contribution in [3.05, 3.63) is 24.4 Å². The minimum atomic E-state index is -0.597. The number of hydrogen-bond acceptors (Lipinski definition) is 5. The maximum atomic E-state index is 10.4. The number of pyridine rings is 1. The summed E-state index contributed by atoms with van der Waals surface area (Å²) in [5.41, 5.74) is -0.597. The molecule has 1 aliphatic heterocycles. The van der Waals surface area contributed by atoms with Gasteiger partial charge >= 0.3 is 0 Å². The van der Waals surface area contributed by atoms with Crippen LogP contribution >= 0.6 is 0 Å². The molecule has 1 fully saturated rings. The Morgan fingerprint density at radius 2 is 1.95 bits per heavy atom. The predicted molar refractivity (Wildman–Crippen MR) is 79.8 cm³/mol. The van der Waals surface area contributed by atoms with Crippen LogP contribution in [0.2, 0.25) is 0 Å². The summed E-state index contributed by atoms with van der Waals surface area (Å²) >= 11 is 0. The van der Waals surface area contributed by atoms with Gasteiger partial charge in [0.1, 0.15) is 5.82 Å². The van der Waals surface area contributed by atoms with Gasteiger partial charge in [-0.25, -0.2) is 4.98 Å². The highest BCUT2D eigenvalue weighted by atomic mass is 16.7. The fourth-order valence-corrected chi connectivity index (χ4v) is 3.16. The SMILES string of the molecule is OC1(CNc2nccc3cc4c(cc23)OCO4)CCCC1. The third kappa shape index (κ3) is 2.27. The molecule has 110 valence electrons. The Kier molecular flexibility index (Phi) is 2.89. The molecule has 1 aliphatic carbocycles. The number of rotatable bonds is 3. The van der Waals surface area contributed by atoms with E-state index in [1.54, 1.807) is 6.20 Å². The number of anilines is 1. The molecule has 1 aromatic carbocycles. The minimum Gasteiger partial charge on any atom is -0.454 e. The summed E-state index contributed by atoms with van der Waals surface area (Å²) in [6, 6.07) is 5.87. The molecule has 0 amide bonds. The zero-order valence-electron chi connectivity index (χ0n) is 11.8. The van der Waals surface area contributed by atoms with E-state index in [0.29, 0.717) is 6.54 Å². The lowest BCUT2D eigenvalue weighted by molar-refractivity contribution is 0.0614. The average molecular weight is 286 g/mol. The first-order valence-electron chi connectivity index (χ1n) is 7.38. The molecule has 21 heavy (non-hydrogen) atoms. The van der Waals surface area contributed by atoms with Gasteiger partial charge in [-0.15, -0.1) is 0 Å².